The van der Waals surface area contributed by atoms with E-state index in [-0.39, 0.29) is 5.56 Å². The summed E-state index contributed by atoms with van der Waals surface area (Å²) in [6, 6.07) is 9.47. The molecule has 4 nitrogen and oxygen atoms in total. The average molecular weight is 332 g/mol. The number of aromatic amines is 2. The molecule has 0 fully saturated rings. The summed E-state index contributed by atoms with van der Waals surface area (Å²) in [5.74, 6) is 0. The molecule has 0 aliphatic carbocycles. The Labute approximate surface area is 136 Å². The second-order valence-corrected chi connectivity index (χ2v) is 6.64. The van der Waals surface area contributed by atoms with Gasteiger partial charge in [-0.2, -0.15) is 5.10 Å². The fourth-order valence-electron chi connectivity index (χ4n) is 2.17. The molecule has 3 aromatic rings. The first-order valence-electron chi connectivity index (χ1n) is 6.80. The van der Waals surface area contributed by atoms with Crippen molar-refractivity contribution < 1.29 is 0 Å². The molecule has 0 radical (unpaired) electrons. The second-order valence-electron chi connectivity index (χ2n) is 4.84. The van der Waals surface area contributed by atoms with E-state index < -0.39 is 0 Å². The molecule has 0 spiro atoms. The molecule has 3 aromatic heterocycles. The summed E-state index contributed by atoms with van der Waals surface area (Å²) in [5, 5.41) is 7.27. The van der Waals surface area contributed by atoms with Gasteiger partial charge in [0.2, 0.25) is 0 Å². The lowest BCUT2D eigenvalue weighted by Gasteiger charge is -1.97. The summed E-state index contributed by atoms with van der Waals surface area (Å²) in [4.78, 5) is 15.8. The van der Waals surface area contributed by atoms with Gasteiger partial charge in [-0.05, 0) is 43.2 Å². The number of H-pyrrole nitrogens is 2. The van der Waals surface area contributed by atoms with Gasteiger partial charge in [-0.3, -0.25) is 9.89 Å². The Bertz CT molecular complexity index is 862. The van der Waals surface area contributed by atoms with Crippen molar-refractivity contribution in [2.75, 3.05) is 0 Å². The smallest absolute Gasteiger partial charge is 0.255 e. The van der Waals surface area contributed by atoms with E-state index in [1.165, 1.54) is 11.0 Å². The van der Waals surface area contributed by atoms with E-state index in [9.17, 15) is 4.79 Å². The minimum absolute atomic E-state index is 0.162. The lowest BCUT2D eigenvalue weighted by atomic mass is 10.1. The number of nitrogens with zero attached hydrogens (tertiary/aromatic N) is 1. The van der Waals surface area contributed by atoms with Gasteiger partial charge in [0, 0.05) is 16.1 Å². The molecule has 0 aliphatic heterocycles. The quantitative estimate of drug-likeness (QED) is 0.744. The summed E-state index contributed by atoms with van der Waals surface area (Å²) in [6.45, 7) is 3.60. The molecule has 0 saturated carbocycles. The maximum atomic E-state index is 11.8. The topological polar surface area (TPSA) is 61.5 Å². The fourth-order valence-corrected chi connectivity index (χ4v) is 3.25. The van der Waals surface area contributed by atoms with Crippen LogP contribution in [0.15, 0.2) is 41.7 Å². The van der Waals surface area contributed by atoms with E-state index in [2.05, 4.69) is 21.8 Å². The molecule has 0 unspecified atom stereocenters. The van der Waals surface area contributed by atoms with E-state index in [0.717, 1.165) is 28.6 Å². The number of thiophene rings is 1. The van der Waals surface area contributed by atoms with Gasteiger partial charge in [0.25, 0.3) is 5.56 Å². The third-order valence-electron chi connectivity index (χ3n) is 3.34. The van der Waals surface area contributed by atoms with Gasteiger partial charge in [0.15, 0.2) is 0 Å². The predicted octanol–water partition coefficient (Wildman–Crippen LogP) is 3.91. The van der Waals surface area contributed by atoms with Crippen molar-refractivity contribution in [3.8, 4) is 11.4 Å². The summed E-state index contributed by atoms with van der Waals surface area (Å²) in [5.41, 5.74) is 2.83. The molecule has 0 saturated heterocycles. The highest BCUT2D eigenvalue weighted by Gasteiger charge is 2.07. The number of hydrogen-bond acceptors (Lipinski definition) is 3. The van der Waals surface area contributed by atoms with Gasteiger partial charge < -0.3 is 4.98 Å². The molecule has 0 bridgehead atoms. The Morgan fingerprint density at radius 1 is 1.27 bits per heavy atom. The van der Waals surface area contributed by atoms with Gasteiger partial charge in [-0.1, -0.05) is 24.3 Å². The van der Waals surface area contributed by atoms with Crippen molar-refractivity contribution in [2.45, 2.75) is 12.8 Å². The number of rotatable bonds is 5. The molecule has 3 heterocycles. The number of halogens is 1. The predicted molar refractivity (Wildman–Crippen MR) is 91.5 cm³/mol. The van der Waals surface area contributed by atoms with Crippen LogP contribution in [-0.4, -0.2) is 15.2 Å². The Morgan fingerprint density at radius 3 is 2.82 bits per heavy atom. The van der Waals surface area contributed by atoms with Crippen LogP contribution in [-0.2, 0) is 12.8 Å². The molecule has 0 amide bonds. The van der Waals surface area contributed by atoms with Crippen molar-refractivity contribution in [1.29, 1.82) is 0 Å². The van der Waals surface area contributed by atoms with Crippen LogP contribution in [0.2, 0.25) is 4.34 Å². The highest BCUT2D eigenvalue weighted by molar-refractivity contribution is 7.16. The van der Waals surface area contributed by atoms with E-state index >= 15 is 0 Å². The van der Waals surface area contributed by atoms with Crippen molar-refractivity contribution in [2.24, 2.45) is 0 Å². The van der Waals surface area contributed by atoms with Gasteiger partial charge in [0.1, 0.15) is 5.69 Å². The molecule has 112 valence electrons. The summed E-state index contributed by atoms with van der Waals surface area (Å²) in [7, 11) is 0. The normalized spacial score (nSPS) is 10.8. The first-order chi connectivity index (χ1) is 10.7. The number of pyridine rings is 1. The van der Waals surface area contributed by atoms with Crippen molar-refractivity contribution in [1.82, 2.24) is 15.2 Å². The van der Waals surface area contributed by atoms with Crippen molar-refractivity contribution >= 4 is 29.0 Å². The minimum atomic E-state index is -0.162. The zero-order valence-electron chi connectivity index (χ0n) is 11.7. The number of hydrogen-bond donors (Lipinski definition) is 2. The highest BCUT2D eigenvalue weighted by Crippen LogP contribution is 2.23. The van der Waals surface area contributed by atoms with Crippen LogP contribution in [0.3, 0.4) is 0 Å². The van der Waals surface area contributed by atoms with Crippen LogP contribution >= 0.6 is 22.9 Å². The van der Waals surface area contributed by atoms with Crippen LogP contribution in [0.5, 0.6) is 0 Å². The summed E-state index contributed by atoms with van der Waals surface area (Å²) >= 11 is 7.51. The fraction of sp³-hybridized carbons (Fsp3) is 0.125. The Hall–Kier alpha value is -2.11. The standard InChI is InChI=1S/C16H14ClN3OS/c1-2-10-3-7-13(18-16(10)21)14-9-11(19-20-14)4-5-12-6-8-15(17)22-12/h2-3,6-9H,1,4-5H2,(H,18,21)(H,19,20). The molecule has 22 heavy (non-hydrogen) atoms. The number of aryl methyl sites for hydroxylation is 2. The maximum Gasteiger partial charge on any atom is 0.255 e. The molecule has 0 aromatic carbocycles. The lowest BCUT2D eigenvalue weighted by molar-refractivity contribution is 0.904. The number of aromatic nitrogens is 3. The lowest BCUT2D eigenvalue weighted by Crippen LogP contribution is -2.09. The summed E-state index contributed by atoms with van der Waals surface area (Å²) < 4.78 is 0.806. The molecule has 0 aliphatic rings. The SMILES string of the molecule is C=Cc1ccc(-c2cc(CCc3ccc(Cl)s3)[nH]n2)[nH]c1=O. The van der Waals surface area contributed by atoms with E-state index in [1.54, 1.807) is 17.4 Å². The average Bonchev–Trinajstić information content (AvgIpc) is 3.14. The van der Waals surface area contributed by atoms with Gasteiger partial charge in [0.05, 0.1) is 10.0 Å². The summed E-state index contributed by atoms with van der Waals surface area (Å²) in [6.07, 6.45) is 3.29. The van der Waals surface area contributed by atoms with Crippen molar-refractivity contribution in [3.63, 3.8) is 0 Å². The molecular weight excluding hydrogens is 318 g/mol. The van der Waals surface area contributed by atoms with Gasteiger partial charge in [-0.15, -0.1) is 11.3 Å². The molecule has 3 rings (SSSR count). The molecule has 6 heteroatoms. The minimum Gasteiger partial charge on any atom is -0.320 e. The maximum absolute atomic E-state index is 11.8. The Morgan fingerprint density at radius 2 is 2.14 bits per heavy atom. The largest absolute Gasteiger partial charge is 0.320 e. The van der Waals surface area contributed by atoms with Gasteiger partial charge >= 0.3 is 0 Å². The van der Waals surface area contributed by atoms with E-state index in [4.69, 9.17) is 11.6 Å². The van der Waals surface area contributed by atoms with Crippen LogP contribution in [0.4, 0.5) is 0 Å². The molecular formula is C16H14ClN3OS. The molecule has 0 atom stereocenters. The zero-order valence-corrected chi connectivity index (χ0v) is 13.3. The third kappa shape index (κ3) is 3.21. The second kappa shape index (κ2) is 6.34. The van der Waals surface area contributed by atoms with Crippen LogP contribution in [0, 0.1) is 0 Å². The van der Waals surface area contributed by atoms with Crippen molar-refractivity contribution in [3.05, 3.63) is 67.7 Å². The first kappa shape index (κ1) is 14.8. The highest BCUT2D eigenvalue weighted by atomic mass is 35.5. The van der Waals surface area contributed by atoms with E-state index in [0.29, 0.717) is 11.3 Å². The van der Waals surface area contributed by atoms with Gasteiger partial charge in [-0.25, -0.2) is 0 Å². The zero-order chi connectivity index (χ0) is 15.5. The monoisotopic (exact) mass is 331 g/mol. The number of nitrogens with one attached hydrogen (secondary N) is 2. The van der Waals surface area contributed by atoms with E-state index in [1.807, 2.05) is 24.3 Å². The van der Waals surface area contributed by atoms with Crippen LogP contribution < -0.4 is 5.56 Å². The Kier molecular flexibility index (Phi) is 4.27. The Balaban J connectivity index is 1.74. The van der Waals surface area contributed by atoms with Crippen LogP contribution in [0.25, 0.3) is 17.5 Å². The van der Waals surface area contributed by atoms with Crippen LogP contribution in [0.1, 0.15) is 16.1 Å². The molecule has 2 N–H and O–H groups in total. The first-order valence-corrected chi connectivity index (χ1v) is 8.00. The third-order valence-corrected chi connectivity index (χ3v) is 4.63.